The van der Waals surface area contributed by atoms with Crippen molar-refractivity contribution in [2.75, 3.05) is 11.9 Å². The lowest BCUT2D eigenvalue weighted by atomic mass is 10.2. The molecule has 6 heteroatoms. The van der Waals surface area contributed by atoms with E-state index in [0.29, 0.717) is 21.9 Å². The third kappa shape index (κ3) is 2.80. The fourth-order valence-corrected chi connectivity index (χ4v) is 2.59. The largest absolute Gasteiger partial charge is 0.462 e. The molecule has 0 atom stereocenters. The summed E-state index contributed by atoms with van der Waals surface area (Å²) in [5.41, 5.74) is 2.04. The maximum Gasteiger partial charge on any atom is 0.343 e. The molecule has 1 aromatic carbocycles. The summed E-state index contributed by atoms with van der Waals surface area (Å²) in [7, 11) is 0. The number of benzene rings is 1. The lowest BCUT2D eigenvalue weighted by molar-refractivity contribution is 0.0527. The van der Waals surface area contributed by atoms with Crippen LogP contribution >= 0.6 is 11.5 Å². The Morgan fingerprint density at radius 3 is 2.85 bits per heavy atom. The molecule has 0 aliphatic heterocycles. The number of nitrogens with zero attached hydrogens (tertiary/aromatic N) is 1. The molecule has 0 saturated heterocycles. The number of carbonyl (C=O) groups excluding carboxylic acids is 1. The minimum absolute atomic E-state index is 0.284. The van der Waals surface area contributed by atoms with E-state index in [9.17, 15) is 9.18 Å². The van der Waals surface area contributed by atoms with Gasteiger partial charge in [0, 0.05) is 0 Å². The lowest BCUT2D eigenvalue weighted by Crippen LogP contribution is -2.08. The summed E-state index contributed by atoms with van der Waals surface area (Å²) in [6.45, 7) is 5.54. The van der Waals surface area contributed by atoms with Crippen LogP contribution in [0.15, 0.2) is 18.2 Å². The van der Waals surface area contributed by atoms with E-state index in [0.717, 1.165) is 17.1 Å². The maximum atomic E-state index is 13.8. The van der Waals surface area contributed by atoms with Crippen LogP contribution in [0.5, 0.6) is 0 Å². The number of nitrogens with one attached hydrogen (secondary N) is 1. The molecule has 0 fully saturated rings. The first-order valence-electron chi connectivity index (χ1n) is 6.20. The molecule has 2 aromatic rings. The summed E-state index contributed by atoms with van der Waals surface area (Å²) < 4.78 is 23.0. The Morgan fingerprint density at radius 1 is 1.45 bits per heavy atom. The van der Waals surface area contributed by atoms with Crippen molar-refractivity contribution in [3.05, 3.63) is 40.8 Å². The van der Waals surface area contributed by atoms with Gasteiger partial charge >= 0.3 is 5.97 Å². The highest BCUT2D eigenvalue weighted by Gasteiger charge is 2.20. The second-order valence-corrected chi connectivity index (χ2v) is 5.02. The Balaban J connectivity index is 2.38. The van der Waals surface area contributed by atoms with Gasteiger partial charge in [-0.2, -0.15) is 4.37 Å². The van der Waals surface area contributed by atoms with Crippen LogP contribution in [0.2, 0.25) is 0 Å². The molecule has 1 N–H and O–H groups in total. The van der Waals surface area contributed by atoms with Gasteiger partial charge in [-0.1, -0.05) is 12.1 Å². The van der Waals surface area contributed by atoms with Crippen LogP contribution in [0.25, 0.3) is 0 Å². The van der Waals surface area contributed by atoms with Gasteiger partial charge in [0.05, 0.1) is 18.0 Å². The van der Waals surface area contributed by atoms with Crippen molar-refractivity contribution < 1.29 is 13.9 Å². The van der Waals surface area contributed by atoms with Crippen molar-refractivity contribution in [3.8, 4) is 0 Å². The zero-order valence-corrected chi connectivity index (χ0v) is 12.3. The monoisotopic (exact) mass is 294 g/mol. The number of carbonyl (C=O) groups is 1. The lowest BCUT2D eigenvalue weighted by Gasteiger charge is -2.10. The standard InChI is InChI=1S/C14H15FN2O2S/c1-4-19-14(18)11-9(3)17-20-13(11)16-12-8(2)6-5-7-10(12)15/h5-7,16H,4H2,1-3H3. The third-order valence-electron chi connectivity index (χ3n) is 2.80. The van der Waals surface area contributed by atoms with Crippen LogP contribution in [0.3, 0.4) is 0 Å². The van der Waals surface area contributed by atoms with Gasteiger partial charge in [-0.15, -0.1) is 0 Å². The molecule has 4 nitrogen and oxygen atoms in total. The van der Waals surface area contributed by atoms with Crippen LogP contribution in [0.1, 0.15) is 28.5 Å². The molecule has 1 aromatic heterocycles. The average Bonchev–Trinajstić information content (AvgIpc) is 2.75. The number of ether oxygens (including phenoxy) is 1. The number of aryl methyl sites for hydroxylation is 2. The highest BCUT2D eigenvalue weighted by atomic mass is 32.1. The first-order valence-corrected chi connectivity index (χ1v) is 6.97. The van der Waals surface area contributed by atoms with Crippen LogP contribution in [-0.2, 0) is 4.74 Å². The number of rotatable bonds is 4. The molecule has 1 heterocycles. The second-order valence-electron chi connectivity index (χ2n) is 4.25. The molecular weight excluding hydrogens is 279 g/mol. The van der Waals surface area contributed by atoms with E-state index in [1.807, 2.05) is 0 Å². The van der Waals surface area contributed by atoms with Crippen molar-refractivity contribution >= 4 is 28.2 Å². The topological polar surface area (TPSA) is 51.2 Å². The third-order valence-corrected chi connectivity index (χ3v) is 3.66. The second kappa shape index (κ2) is 6.00. The molecule has 0 saturated carbocycles. The number of para-hydroxylation sites is 1. The first-order chi connectivity index (χ1) is 9.54. The molecule has 0 aliphatic carbocycles. The van der Waals surface area contributed by atoms with Crippen molar-refractivity contribution in [3.63, 3.8) is 0 Å². The van der Waals surface area contributed by atoms with Gasteiger partial charge < -0.3 is 10.1 Å². The molecule has 0 radical (unpaired) electrons. The van der Waals surface area contributed by atoms with Gasteiger partial charge in [0.25, 0.3) is 0 Å². The van der Waals surface area contributed by atoms with E-state index >= 15 is 0 Å². The van der Waals surface area contributed by atoms with Gasteiger partial charge in [0.1, 0.15) is 16.4 Å². The molecule has 106 valence electrons. The van der Waals surface area contributed by atoms with Gasteiger partial charge in [-0.3, -0.25) is 0 Å². The molecule has 0 spiro atoms. The Bertz CT molecular complexity index is 620. The highest BCUT2D eigenvalue weighted by Crippen LogP contribution is 2.31. The van der Waals surface area contributed by atoms with Gasteiger partial charge in [0.2, 0.25) is 0 Å². The fraction of sp³-hybridized carbons (Fsp3) is 0.286. The Hall–Kier alpha value is -1.95. The summed E-state index contributed by atoms with van der Waals surface area (Å²) in [5, 5.41) is 3.44. The molecular formula is C14H15FN2O2S. The number of halogens is 1. The van der Waals surface area contributed by atoms with E-state index in [2.05, 4.69) is 9.69 Å². The Morgan fingerprint density at radius 2 is 2.20 bits per heavy atom. The Kier molecular flexibility index (Phi) is 4.34. The minimum Gasteiger partial charge on any atom is -0.462 e. The van der Waals surface area contributed by atoms with Crippen LogP contribution in [0.4, 0.5) is 15.1 Å². The van der Waals surface area contributed by atoms with E-state index in [1.54, 1.807) is 32.9 Å². The quantitative estimate of drug-likeness (QED) is 0.871. The Labute approximate surface area is 120 Å². The van der Waals surface area contributed by atoms with Gasteiger partial charge in [-0.25, -0.2) is 9.18 Å². The van der Waals surface area contributed by atoms with Crippen molar-refractivity contribution in [2.24, 2.45) is 0 Å². The predicted octanol–water partition coefficient (Wildman–Crippen LogP) is 3.82. The summed E-state index contributed by atoms with van der Waals surface area (Å²) in [6, 6.07) is 4.80. The van der Waals surface area contributed by atoms with Gasteiger partial charge in [-0.05, 0) is 43.9 Å². The van der Waals surface area contributed by atoms with E-state index in [1.165, 1.54) is 6.07 Å². The average molecular weight is 294 g/mol. The maximum absolute atomic E-state index is 13.8. The van der Waals surface area contributed by atoms with Crippen LogP contribution in [-0.4, -0.2) is 16.9 Å². The van der Waals surface area contributed by atoms with Crippen molar-refractivity contribution in [2.45, 2.75) is 20.8 Å². The summed E-state index contributed by atoms with van der Waals surface area (Å²) >= 11 is 1.11. The predicted molar refractivity (Wildman–Crippen MR) is 77.2 cm³/mol. The summed E-state index contributed by atoms with van der Waals surface area (Å²) in [5.74, 6) is -0.818. The van der Waals surface area contributed by atoms with Crippen molar-refractivity contribution in [1.29, 1.82) is 0 Å². The molecule has 2 rings (SSSR count). The molecule has 20 heavy (non-hydrogen) atoms. The van der Waals surface area contributed by atoms with Crippen LogP contribution < -0.4 is 5.32 Å². The minimum atomic E-state index is -0.449. The molecule has 0 amide bonds. The van der Waals surface area contributed by atoms with E-state index in [-0.39, 0.29) is 12.4 Å². The smallest absolute Gasteiger partial charge is 0.343 e. The zero-order valence-electron chi connectivity index (χ0n) is 11.5. The number of anilines is 2. The zero-order chi connectivity index (χ0) is 14.7. The van der Waals surface area contributed by atoms with E-state index < -0.39 is 5.97 Å². The summed E-state index contributed by atoms with van der Waals surface area (Å²) in [4.78, 5) is 11.9. The number of aromatic nitrogens is 1. The number of hydrogen-bond donors (Lipinski definition) is 1. The SMILES string of the molecule is CCOC(=O)c1c(C)nsc1Nc1c(C)cccc1F. The summed E-state index contributed by atoms with van der Waals surface area (Å²) in [6.07, 6.45) is 0. The molecule has 0 bridgehead atoms. The van der Waals surface area contributed by atoms with Crippen LogP contribution in [0, 0.1) is 19.7 Å². The first kappa shape index (κ1) is 14.5. The van der Waals surface area contributed by atoms with Gasteiger partial charge in [0.15, 0.2) is 0 Å². The number of hydrogen-bond acceptors (Lipinski definition) is 5. The normalized spacial score (nSPS) is 10.4. The molecule has 0 aliphatic rings. The highest BCUT2D eigenvalue weighted by molar-refractivity contribution is 7.10. The molecule has 0 unspecified atom stereocenters. The fourth-order valence-electron chi connectivity index (χ4n) is 1.80. The van der Waals surface area contributed by atoms with Crippen molar-refractivity contribution in [1.82, 2.24) is 4.37 Å². The number of esters is 1. The van der Waals surface area contributed by atoms with E-state index in [4.69, 9.17) is 4.74 Å².